The molecule has 1 aliphatic heterocycles. The number of fused-ring (bicyclic) bond motifs is 1. The Kier molecular flexibility index (Phi) is 3.80. The predicted molar refractivity (Wildman–Crippen MR) is 78.3 cm³/mol. The summed E-state index contributed by atoms with van der Waals surface area (Å²) in [5.41, 5.74) is 2.20. The van der Waals surface area contributed by atoms with Crippen LogP contribution < -0.4 is 5.32 Å². The molecule has 1 unspecified atom stereocenters. The maximum absolute atomic E-state index is 4.59. The Morgan fingerprint density at radius 2 is 2.32 bits per heavy atom. The number of hydrogen-bond donors (Lipinski definition) is 2. The molecule has 1 fully saturated rings. The number of imidazole rings is 1. The molecule has 0 saturated carbocycles. The molecular formula is C15H22N4. The molecule has 102 valence electrons. The second-order valence-electron chi connectivity index (χ2n) is 5.43. The summed E-state index contributed by atoms with van der Waals surface area (Å²) in [6.07, 6.45) is 3.63. The van der Waals surface area contributed by atoms with Gasteiger partial charge >= 0.3 is 0 Å². The van der Waals surface area contributed by atoms with Crippen LogP contribution in [0.1, 0.15) is 18.7 Å². The summed E-state index contributed by atoms with van der Waals surface area (Å²) in [6.45, 7) is 3.33. The topological polar surface area (TPSA) is 44.0 Å². The summed E-state index contributed by atoms with van der Waals surface area (Å²) >= 11 is 0. The van der Waals surface area contributed by atoms with Crippen LogP contribution in [0.5, 0.6) is 0 Å². The van der Waals surface area contributed by atoms with Crippen LogP contribution >= 0.6 is 0 Å². The normalized spacial score (nSPS) is 20.4. The van der Waals surface area contributed by atoms with Crippen molar-refractivity contribution in [1.29, 1.82) is 0 Å². The van der Waals surface area contributed by atoms with Gasteiger partial charge in [-0.3, -0.25) is 0 Å². The van der Waals surface area contributed by atoms with Gasteiger partial charge in [0.1, 0.15) is 5.82 Å². The first-order chi connectivity index (χ1) is 9.33. The van der Waals surface area contributed by atoms with E-state index in [-0.39, 0.29) is 0 Å². The third kappa shape index (κ3) is 2.96. The lowest BCUT2D eigenvalue weighted by molar-refractivity contribution is 0.301. The van der Waals surface area contributed by atoms with Crippen molar-refractivity contribution < 1.29 is 0 Å². The molecule has 0 spiro atoms. The van der Waals surface area contributed by atoms with E-state index in [1.165, 1.54) is 19.4 Å². The number of benzene rings is 1. The summed E-state index contributed by atoms with van der Waals surface area (Å²) in [5, 5.41) is 3.55. The number of nitrogens with zero attached hydrogens (tertiary/aromatic N) is 2. The molecule has 1 atom stereocenters. The monoisotopic (exact) mass is 258 g/mol. The summed E-state index contributed by atoms with van der Waals surface area (Å²) < 4.78 is 0. The number of likely N-dealkylation sites (N-methyl/N-ethyl adjacent to an activating group) is 1. The van der Waals surface area contributed by atoms with Gasteiger partial charge < -0.3 is 15.2 Å². The van der Waals surface area contributed by atoms with Gasteiger partial charge in [0, 0.05) is 25.6 Å². The fourth-order valence-corrected chi connectivity index (χ4v) is 2.84. The van der Waals surface area contributed by atoms with Crippen LogP contribution in [0.4, 0.5) is 0 Å². The fourth-order valence-electron chi connectivity index (χ4n) is 2.84. The van der Waals surface area contributed by atoms with Crippen LogP contribution in [0.2, 0.25) is 0 Å². The van der Waals surface area contributed by atoms with Crippen molar-refractivity contribution in [1.82, 2.24) is 20.2 Å². The average molecular weight is 258 g/mol. The van der Waals surface area contributed by atoms with Crippen LogP contribution in [0.15, 0.2) is 24.3 Å². The highest BCUT2D eigenvalue weighted by atomic mass is 15.2. The molecule has 1 aliphatic rings. The smallest absolute Gasteiger partial charge is 0.108 e. The first kappa shape index (κ1) is 12.6. The van der Waals surface area contributed by atoms with Crippen LogP contribution in [0, 0.1) is 0 Å². The molecule has 4 heteroatoms. The zero-order chi connectivity index (χ0) is 13.1. The number of likely N-dealkylation sites (tertiary alicyclic amines) is 1. The lowest BCUT2D eigenvalue weighted by Gasteiger charge is -2.19. The number of rotatable bonds is 5. The molecule has 0 aliphatic carbocycles. The minimum absolute atomic E-state index is 0.718. The van der Waals surface area contributed by atoms with E-state index in [2.05, 4.69) is 39.4 Å². The highest BCUT2D eigenvalue weighted by Crippen LogP contribution is 2.13. The van der Waals surface area contributed by atoms with Crippen molar-refractivity contribution in [2.45, 2.75) is 25.3 Å². The number of aromatic amines is 1. The first-order valence-corrected chi connectivity index (χ1v) is 7.17. The molecule has 3 rings (SSSR count). The van der Waals surface area contributed by atoms with Gasteiger partial charge in [-0.05, 0) is 38.6 Å². The Morgan fingerprint density at radius 3 is 3.11 bits per heavy atom. The maximum Gasteiger partial charge on any atom is 0.108 e. The van der Waals surface area contributed by atoms with E-state index in [1.807, 2.05) is 12.1 Å². The quantitative estimate of drug-likeness (QED) is 0.804. The van der Waals surface area contributed by atoms with Crippen molar-refractivity contribution >= 4 is 11.0 Å². The SMILES string of the molecule is CN1CCCC1CNCCc1nc2ccccc2[nH]1. The van der Waals surface area contributed by atoms with Crippen molar-refractivity contribution in [2.75, 3.05) is 26.7 Å². The Balaban J connectivity index is 1.47. The van der Waals surface area contributed by atoms with Crippen molar-refractivity contribution in [3.8, 4) is 0 Å². The van der Waals surface area contributed by atoms with Gasteiger partial charge in [-0.25, -0.2) is 4.98 Å². The molecule has 0 bridgehead atoms. The number of H-pyrrole nitrogens is 1. The number of hydrogen-bond acceptors (Lipinski definition) is 3. The van der Waals surface area contributed by atoms with Crippen molar-refractivity contribution in [2.24, 2.45) is 0 Å². The van der Waals surface area contributed by atoms with Crippen LogP contribution in [0.3, 0.4) is 0 Å². The second-order valence-corrected chi connectivity index (χ2v) is 5.43. The summed E-state index contributed by atoms with van der Waals surface area (Å²) in [4.78, 5) is 10.4. The van der Waals surface area contributed by atoms with Crippen molar-refractivity contribution in [3.63, 3.8) is 0 Å². The standard InChI is InChI=1S/C15H22N4/c1-19-10-4-5-12(19)11-16-9-8-15-17-13-6-2-3-7-14(13)18-15/h2-3,6-7,12,16H,4-5,8-11H2,1H3,(H,17,18). The van der Waals surface area contributed by atoms with E-state index in [0.717, 1.165) is 42.4 Å². The van der Waals surface area contributed by atoms with Gasteiger partial charge in [0.25, 0.3) is 0 Å². The molecular weight excluding hydrogens is 236 g/mol. The molecule has 1 aromatic carbocycles. The fraction of sp³-hybridized carbons (Fsp3) is 0.533. The molecule has 2 aromatic rings. The highest BCUT2D eigenvalue weighted by Gasteiger charge is 2.19. The molecule has 2 heterocycles. The summed E-state index contributed by atoms with van der Waals surface area (Å²) in [6, 6.07) is 8.92. The van der Waals surface area contributed by atoms with E-state index in [1.54, 1.807) is 0 Å². The second kappa shape index (κ2) is 5.72. The van der Waals surface area contributed by atoms with E-state index in [4.69, 9.17) is 0 Å². The predicted octanol–water partition coefficient (Wildman–Crippen LogP) is 1.79. The molecule has 1 aromatic heterocycles. The molecule has 4 nitrogen and oxygen atoms in total. The first-order valence-electron chi connectivity index (χ1n) is 7.17. The Hall–Kier alpha value is -1.39. The van der Waals surface area contributed by atoms with E-state index < -0.39 is 0 Å². The zero-order valence-corrected chi connectivity index (χ0v) is 11.5. The van der Waals surface area contributed by atoms with Crippen LogP contribution in [-0.4, -0.2) is 47.6 Å². The Labute approximate surface area is 114 Å². The number of nitrogens with one attached hydrogen (secondary N) is 2. The van der Waals surface area contributed by atoms with E-state index >= 15 is 0 Å². The van der Waals surface area contributed by atoms with Gasteiger partial charge in [-0.1, -0.05) is 12.1 Å². The minimum atomic E-state index is 0.718. The molecule has 19 heavy (non-hydrogen) atoms. The third-order valence-corrected chi connectivity index (χ3v) is 4.03. The van der Waals surface area contributed by atoms with Gasteiger partial charge in [0.2, 0.25) is 0 Å². The lowest BCUT2D eigenvalue weighted by Crippen LogP contribution is -2.36. The summed E-state index contributed by atoms with van der Waals surface area (Å²) in [5.74, 6) is 1.08. The van der Waals surface area contributed by atoms with E-state index in [9.17, 15) is 0 Å². The molecule has 0 amide bonds. The maximum atomic E-state index is 4.59. The number of para-hydroxylation sites is 2. The summed E-state index contributed by atoms with van der Waals surface area (Å²) in [7, 11) is 2.22. The van der Waals surface area contributed by atoms with Crippen LogP contribution in [0.25, 0.3) is 11.0 Å². The van der Waals surface area contributed by atoms with Gasteiger partial charge in [0.15, 0.2) is 0 Å². The average Bonchev–Trinajstić information content (AvgIpc) is 3.00. The van der Waals surface area contributed by atoms with Gasteiger partial charge in [-0.15, -0.1) is 0 Å². The van der Waals surface area contributed by atoms with Crippen molar-refractivity contribution in [3.05, 3.63) is 30.1 Å². The van der Waals surface area contributed by atoms with E-state index in [0.29, 0.717) is 0 Å². The Morgan fingerprint density at radius 1 is 1.42 bits per heavy atom. The Bertz CT molecular complexity index is 501. The largest absolute Gasteiger partial charge is 0.342 e. The lowest BCUT2D eigenvalue weighted by atomic mass is 10.2. The zero-order valence-electron chi connectivity index (χ0n) is 11.5. The molecule has 1 saturated heterocycles. The minimum Gasteiger partial charge on any atom is -0.342 e. The molecule has 2 N–H and O–H groups in total. The van der Waals surface area contributed by atoms with Gasteiger partial charge in [0.05, 0.1) is 11.0 Å². The number of aromatic nitrogens is 2. The van der Waals surface area contributed by atoms with Gasteiger partial charge in [-0.2, -0.15) is 0 Å². The highest BCUT2D eigenvalue weighted by molar-refractivity contribution is 5.74. The third-order valence-electron chi connectivity index (χ3n) is 4.03. The molecule has 0 radical (unpaired) electrons. The van der Waals surface area contributed by atoms with Crippen LogP contribution in [-0.2, 0) is 6.42 Å².